The third-order valence-electron chi connectivity index (χ3n) is 3.70. The van der Waals surface area contributed by atoms with Crippen LogP contribution >= 0.6 is 0 Å². The summed E-state index contributed by atoms with van der Waals surface area (Å²) in [7, 11) is -2.00. The molecule has 0 saturated carbocycles. The molecule has 1 aromatic rings. The molecule has 0 unspecified atom stereocenters. The lowest BCUT2D eigenvalue weighted by Crippen LogP contribution is -2.39. The number of carbonyl (C=O) groups excluding carboxylic acids is 1. The van der Waals surface area contributed by atoms with Gasteiger partial charge in [0, 0.05) is 39.3 Å². The number of ether oxygens (including phenoxy) is 1. The van der Waals surface area contributed by atoms with Crippen molar-refractivity contribution in [1.29, 1.82) is 0 Å². The highest BCUT2D eigenvalue weighted by Crippen LogP contribution is 2.16. The number of hydrogen-bond donors (Lipinski definition) is 2. The summed E-state index contributed by atoms with van der Waals surface area (Å²) in [5, 5.41) is 13.7. The van der Waals surface area contributed by atoms with Crippen molar-refractivity contribution in [2.45, 2.75) is 0 Å². The average molecular weight is 372 g/mol. The second-order valence-electron chi connectivity index (χ2n) is 5.69. The van der Waals surface area contributed by atoms with E-state index in [0.717, 1.165) is 29.3 Å². The highest BCUT2D eigenvalue weighted by atomic mass is 32.2. The van der Waals surface area contributed by atoms with Gasteiger partial charge in [0.25, 0.3) is 0 Å². The SMILES string of the molecule is CN(CC(=O)NCCNc1cc(N2CCOCC2)cnn1)S(C)(=O)=O. The van der Waals surface area contributed by atoms with E-state index in [9.17, 15) is 13.2 Å². The fourth-order valence-electron chi connectivity index (χ4n) is 2.21. The third-order valence-corrected chi connectivity index (χ3v) is 4.96. The molecular formula is C14H24N6O4S. The van der Waals surface area contributed by atoms with Gasteiger partial charge in [0.2, 0.25) is 15.9 Å². The molecule has 1 aliphatic rings. The zero-order valence-electron chi connectivity index (χ0n) is 14.4. The van der Waals surface area contributed by atoms with Gasteiger partial charge in [-0.3, -0.25) is 4.79 Å². The van der Waals surface area contributed by atoms with Crippen LogP contribution in [0.1, 0.15) is 0 Å². The Bertz CT molecular complexity index is 678. The molecule has 0 spiro atoms. The number of anilines is 2. The first-order valence-corrected chi connectivity index (χ1v) is 9.78. The van der Waals surface area contributed by atoms with E-state index in [2.05, 4.69) is 25.7 Å². The van der Waals surface area contributed by atoms with Crippen molar-refractivity contribution in [2.75, 3.05) is 69.5 Å². The maximum atomic E-state index is 11.7. The lowest BCUT2D eigenvalue weighted by Gasteiger charge is -2.28. The number of morpholine rings is 1. The van der Waals surface area contributed by atoms with E-state index in [1.165, 1.54) is 7.05 Å². The summed E-state index contributed by atoms with van der Waals surface area (Å²) in [5.74, 6) is 0.259. The minimum absolute atomic E-state index is 0.203. The Kier molecular flexibility index (Phi) is 6.91. The topological polar surface area (TPSA) is 117 Å². The number of aromatic nitrogens is 2. The Labute approximate surface area is 147 Å². The number of hydrogen-bond acceptors (Lipinski definition) is 8. The lowest BCUT2D eigenvalue weighted by molar-refractivity contribution is -0.121. The van der Waals surface area contributed by atoms with Gasteiger partial charge in [-0.2, -0.15) is 9.40 Å². The van der Waals surface area contributed by atoms with Gasteiger partial charge in [-0.25, -0.2) is 8.42 Å². The number of rotatable bonds is 8. The van der Waals surface area contributed by atoms with Crippen molar-refractivity contribution >= 4 is 27.4 Å². The molecule has 0 radical (unpaired) electrons. The van der Waals surface area contributed by atoms with Gasteiger partial charge in [-0.05, 0) is 0 Å². The molecule has 0 aromatic carbocycles. The van der Waals surface area contributed by atoms with Gasteiger partial charge in [-0.1, -0.05) is 0 Å². The van der Waals surface area contributed by atoms with Crippen molar-refractivity contribution < 1.29 is 17.9 Å². The Balaban J connectivity index is 1.73. The lowest BCUT2D eigenvalue weighted by atomic mass is 10.3. The highest BCUT2D eigenvalue weighted by Gasteiger charge is 2.15. The average Bonchev–Trinajstić information content (AvgIpc) is 2.59. The first-order valence-electron chi connectivity index (χ1n) is 7.93. The minimum atomic E-state index is -3.36. The molecule has 140 valence electrons. The molecule has 1 fully saturated rings. The summed E-state index contributed by atoms with van der Waals surface area (Å²) < 4.78 is 28.8. The molecular weight excluding hydrogens is 348 g/mol. The van der Waals surface area contributed by atoms with Crippen LogP contribution in [0.3, 0.4) is 0 Å². The van der Waals surface area contributed by atoms with Crippen molar-refractivity contribution in [3.05, 3.63) is 12.3 Å². The van der Waals surface area contributed by atoms with E-state index in [-0.39, 0.29) is 12.5 Å². The maximum absolute atomic E-state index is 11.7. The third kappa shape index (κ3) is 6.44. The molecule has 25 heavy (non-hydrogen) atoms. The zero-order valence-corrected chi connectivity index (χ0v) is 15.3. The van der Waals surface area contributed by atoms with Gasteiger partial charge in [0.1, 0.15) is 0 Å². The van der Waals surface area contributed by atoms with Crippen LogP contribution in [0, 0.1) is 0 Å². The van der Waals surface area contributed by atoms with Gasteiger partial charge < -0.3 is 20.3 Å². The summed E-state index contributed by atoms with van der Waals surface area (Å²) in [5.41, 5.74) is 0.972. The molecule has 1 amide bonds. The molecule has 10 nitrogen and oxygen atoms in total. The summed E-state index contributed by atoms with van der Waals surface area (Å²) in [4.78, 5) is 13.9. The quantitative estimate of drug-likeness (QED) is 0.543. The van der Waals surface area contributed by atoms with Crippen molar-refractivity contribution in [3.63, 3.8) is 0 Å². The normalized spacial score (nSPS) is 15.2. The Morgan fingerprint density at radius 2 is 2.08 bits per heavy atom. The van der Waals surface area contributed by atoms with Crippen molar-refractivity contribution in [1.82, 2.24) is 19.8 Å². The van der Waals surface area contributed by atoms with E-state index in [1.807, 2.05) is 6.07 Å². The maximum Gasteiger partial charge on any atom is 0.235 e. The summed E-state index contributed by atoms with van der Waals surface area (Å²) in [6.07, 6.45) is 2.77. The highest BCUT2D eigenvalue weighted by molar-refractivity contribution is 7.88. The molecule has 2 rings (SSSR count). The second-order valence-corrected chi connectivity index (χ2v) is 7.78. The monoisotopic (exact) mass is 372 g/mol. The molecule has 2 N–H and O–H groups in total. The van der Waals surface area contributed by atoms with Gasteiger partial charge in [0.05, 0.1) is 37.9 Å². The first-order chi connectivity index (χ1) is 11.9. The molecule has 0 aliphatic carbocycles. The van der Waals surface area contributed by atoms with Crippen molar-refractivity contribution in [2.24, 2.45) is 0 Å². The summed E-state index contributed by atoms with van der Waals surface area (Å²) in [6.45, 7) is 3.61. The molecule has 0 atom stereocenters. The van der Waals surface area contributed by atoms with Crippen LogP contribution in [-0.2, 0) is 19.6 Å². The van der Waals surface area contributed by atoms with E-state index < -0.39 is 10.0 Å². The predicted octanol–water partition coefficient (Wildman–Crippen LogP) is -1.27. The van der Waals surface area contributed by atoms with E-state index in [0.29, 0.717) is 32.1 Å². The van der Waals surface area contributed by atoms with Crippen LogP contribution in [0.15, 0.2) is 12.3 Å². The number of sulfonamides is 1. The van der Waals surface area contributed by atoms with Gasteiger partial charge in [0.15, 0.2) is 5.82 Å². The Morgan fingerprint density at radius 1 is 1.36 bits per heavy atom. The number of likely N-dealkylation sites (N-methyl/N-ethyl adjacent to an activating group) is 1. The zero-order chi connectivity index (χ0) is 18.3. The van der Waals surface area contributed by atoms with Crippen LogP contribution in [0.5, 0.6) is 0 Å². The first kappa shape index (κ1) is 19.3. The molecule has 11 heteroatoms. The predicted molar refractivity (Wildman–Crippen MR) is 94.0 cm³/mol. The molecule has 1 aliphatic heterocycles. The van der Waals surface area contributed by atoms with Crippen LogP contribution in [0.2, 0.25) is 0 Å². The summed E-state index contributed by atoms with van der Waals surface area (Å²) in [6, 6.07) is 1.90. The fourth-order valence-corrected chi connectivity index (χ4v) is 2.56. The number of carbonyl (C=O) groups is 1. The van der Waals surface area contributed by atoms with Crippen molar-refractivity contribution in [3.8, 4) is 0 Å². The van der Waals surface area contributed by atoms with Crippen LogP contribution < -0.4 is 15.5 Å². The number of amides is 1. The van der Waals surface area contributed by atoms with E-state index in [1.54, 1.807) is 6.20 Å². The van der Waals surface area contributed by atoms with E-state index >= 15 is 0 Å². The second kappa shape index (κ2) is 8.92. The van der Waals surface area contributed by atoms with Gasteiger partial charge in [-0.15, -0.1) is 5.10 Å². The van der Waals surface area contributed by atoms with Crippen LogP contribution in [-0.4, -0.2) is 88.1 Å². The van der Waals surface area contributed by atoms with Crippen LogP contribution in [0.4, 0.5) is 11.5 Å². The van der Waals surface area contributed by atoms with Gasteiger partial charge >= 0.3 is 0 Å². The Morgan fingerprint density at radius 3 is 2.76 bits per heavy atom. The van der Waals surface area contributed by atoms with E-state index in [4.69, 9.17) is 4.74 Å². The summed E-state index contributed by atoms with van der Waals surface area (Å²) >= 11 is 0. The smallest absolute Gasteiger partial charge is 0.235 e. The number of nitrogens with zero attached hydrogens (tertiary/aromatic N) is 4. The molecule has 1 aromatic heterocycles. The standard InChI is InChI=1S/C14H24N6O4S/c1-19(25(2,22)23)11-14(21)16-4-3-15-13-9-12(10-17-18-13)20-5-7-24-8-6-20/h9-10H,3-8,11H2,1-2H3,(H,15,18)(H,16,21). The molecule has 0 bridgehead atoms. The molecule has 1 saturated heterocycles. The number of nitrogens with one attached hydrogen (secondary N) is 2. The fraction of sp³-hybridized carbons (Fsp3) is 0.643. The Hall–Kier alpha value is -1.98. The molecule has 2 heterocycles. The van der Waals surface area contributed by atoms with Crippen LogP contribution in [0.25, 0.3) is 0 Å². The largest absolute Gasteiger partial charge is 0.378 e. The minimum Gasteiger partial charge on any atom is -0.378 e.